The highest BCUT2D eigenvalue weighted by Gasteiger charge is 2.08. The van der Waals surface area contributed by atoms with E-state index < -0.39 is 0 Å². The average molecular weight is 352 g/mol. The molecule has 0 radical (unpaired) electrons. The average Bonchev–Trinajstić information content (AvgIpc) is 2.66. The van der Waals surface area contributed by atoms with E-state index >= 15 is 0 Å². The molecule has 0 spiro atoms. The van der Waals surface area contributed by atoms with Gasteiger partial charge in [0, 0.05) is 24.2 Å². The topological polar surface area (TPSA) is 58.2 Å². The number of rotatable bonds is 9. The summed E-state index contributed by atoms with van der Waals surface area (Å²) < 4.78 is 0. The fraction of sp³-hybridized carbons (Fsp3) is 0.364. The van der Waals surface area contributed by atoms with Crippen molar-refractivity contribution in [3.63, 3.8) is 0 Å². The maximum absolute atomic E-state index is 12.1. The molecule has 2 N–H and O–H groups in total. The smallest absolute Gasteiger partial charge is 0.224 e. The molecule has 2 aromatic carbocycles. The molecular formula is C22H28N2O2. The normalized spacial score (nSPS) is 10.4. The first-order valence-corrected chi connectivity index (χ1v) is 9.39. The molecule has 26 heavy (non-hydrogen) atoms. The zero-order valence-corrected chi connectivity index (χ0v) is 15.7. The van der Waals surface area contributed by atoms with Crippen LogP contribution in [0.1, 0.15) is 50.7 Å². The number of anilines is 2. The largest absolute Gasteiger partial charge is 0.326 e. The van der Waals surface area contributed by atoms with Crippen LogP contribution >= 0.6 is 0 Å². The fourth-order valence-corrected chi connectivity index (χ4v) is 2.90. The van der Waals surface area contributed by atoms with E-state index in [0.29, 0.717) is 25.7 Å². The number of carbonyl (C=O) groups is 2. The third-order valence-corrected chi connectivity index (χ3v) is 4.40. The first-order valence-electron chi connectivity index (χ1n) is 9.39. The van der Waals surface area contributed by atoms with Crippen LogP contribution in [0, 0.1) is 0 Å². The molecular weight excluding hydrogens is 324 g/mol. The summed E-state index contributed by atoms with van der Waals surface area (Å²) in [6.45, 7) is 4.14. The third kappa shape index (κ3) is 6.03. The van der Waals surface area contributed by atoms with Gasteiger partial charge in [0.2, 0.25) is 11.8 Å². The molecule has 0 aliphatic rings. The minimum atomic E-state index is 0.00244. The highest BCUT2D eigenvalue weighted by atomic mass is 16.2. The van der Waals surface area contributed by atoms with Crippen LogP contribution in [0.4, 0.5) is 11.4 Å². The van der Waals surface area contributed by atoms with Crippen molar-refractivity contribution in [2.75, 3.05) is 10.6 Å². The molecule has 0 aliphatic carbocycles. The molecule has 0 fully saturated rings. The van der Waals surface area contributed by atoms with E-state index in [1.54, 1.807) is 0 Å². The molecule has 0 saturated heterocycles. The lowest BCUT2D eigenvalue weighted by atomic mass is 10.1. The Morgan fingerprint density at radius 1 is 0.692 bits per heavy atom. The molecule has 2 aromatic rings. The van der Waals surface area contributed by atoms with E-state index in [-0.39, 0.29) is 11.8 Å². The number of hydrogen-bond acceptors (Lipinski definition) is 2. The van der Waals surface area contributed by atoms with Gasteiger partial charge in [-0.15, -0.1) is 0 Å². The molecule has 2 rings (SSSR count). The second-order valence-corrected chi connectivity index (χ2v) is 6.32. The molecule has 2 amide bonds. The Labute approximate surface area is 156 Å². The van der Waals surface area contributed by atoms with Gasteiger partial charge >= 0.3 is 0 Å². The minimum Gasteiger partial charge on any atom is -0.326 e. The first kappa shape index (κ1) is 19.7. The molecule has 0 bridgehead atoms. The van der Waals surface area contributed by atoms with E-state index in [4.69, 9.17) is 0 Å². The Morgan fingerprint density at radius 3 is 1.46 bits per heavy atom. The van der Waals surface area contributed by atoms with Crippen molar-refractivity contribution in [2.24, 2.45) is 0 Å². The van der Waals surface area contributed by atoms with Crippen molar-refractivity contribution in [1.82, 2.24) is 0 Å². The van der Waals surface area contributed by atoms with Crippen LogP contribution in [0.3, 0.4) is 0 Å². The lowest BCUT2D eigenvalue weighted by Gasteiger charge is -2.10. The lowest BCUT2D eigenvalue weighted by Crippen LogP contribution is -2.14. The van der Waals surface area contributed by atoms with Crippen LogP contribution in [0.2, 0.25) is 0 Å². The number of nitrogens with one attached hydrogen (secondary N) is 2. The number of amides is 2. The number of carbonyl (C=O) groups excluding carboxylic acids is 2. The van der Waals surface area contributed by atoms with Gasteiger partial charge in [0.25, 0.3) is 0 Å². The van der Waals surface area contributed by atoms with Crippen LogP contribution in [0.15, 0.2) is 48.5 Å². The highest BCUT2D eigenvalue weighted by molar-refractivity contribution is 5.92. The van der Waals surface area contributed by atoms with Gasteiger partial charge in [-0.2, -0.15) is 0 Å². The molecule has 0 aromatic heterocycles. The van der Waals surface area contributed by atoms with E-state index in [1.165, 1.54) is 0 Å². The van der Waals surface area contributed by atoms with E-state index in [1.807, 2.05) is 48.5 Å². The zero-order chi connectivity index (χ0) is 18.8. The van der Waals surface area contributed by atoms with Crippen molar-refractivity contribution in [3.05, 3.63) is 59.7 Å². The summed E-state index contributed by atoms with van der Waals surface area (Å²) in [4.78, 5) is 24.2. The second-order valence-electron chi connectivity index (χ2n) is 6.32. The van der Waals surface area contributed by atoms with Crippen molar-refractivity contribution in [2.45, 2.75) is 52.4 Å². The summed E-state index contributed by atoms with van der Waals surface area (Å²) in [5.74, 6) is 0.00488. The number of unbranched alkanes of at least 4 members (excludes halogenated alkanes) is 1. The van der Waals surface area contributed by atoms with Gasteiger partial charge in [-0.25, -0.2) is 0 Å². The summed E-state index contributed by atoms with van der Waals surface area (Å²) in [5.41, 5.74) is 4.03. The van der Waals surface area contributed by atoms with Crippen LogP contribution < -0.4 is 10.6 Å². The summed E-state index contributed by atoms with van der Waals surface area (Å²) in [7, 11) is 0. The Balaban J connectivity index is 1.71. The summed E-state index contributed by atoms with van der Waals surface area (Å²) in [6, 6.07) is 15.7. The quantitative estimate of drug-likeness (QED) is 0.627. The Hall–Kier alpha value is -2.62. The van der Waals surface area contributed by atoms with Crippen molar-refractivity contribution in [1.29, 1.82) is 0 Å². The predicted octanol–water partition coefficient (Wildman–Crippen LogP) is 4.95. The number of benzene rings is 2. The third-order valence-electron chi connectivity index (χ3n) is 4.40. The van der Waals surface area contributed by atoms with Gasteiger partial charge in [-0.3, -0.25) is 9.59 Å². The standard InChI is InChI=1S/C22H28N2O2/c1-3-17-11-5-7-13-19(17)23-21(25)15-9-10-16-22(26)24-20-14-8-6-12-18(20)4-2/h5-8,11-14H,3-4,9-10,15-16H2,1-2H3,(H,23,25)(H,24,26). The fourth-order valence-electron chi connectivity index (χ4n) is 2.90. The highest BCUT2D eigenvalue weighted by Crippen LogP contribution is 2.17. The van der Waals surface area contributed by atoms with Gasteiger partial charge in [0.1, 0.15) is 0 Å². The zero-order valence-electron chi connectivity index (χ0n) is 15.7. The van der Waals surface area contributed by atoms with E-state index in [9.17, 15) is 9.59 Å². The SMILES string of the molecule is CCc1ccccc1NC(=O)CCCCC(=O)Nc1ccccc1CC. The van der Waals surface area contributed by atoms with Crippen molar-refractivity contribution in [3.8, 4) is 0 Å². The molecule has 4 nitrogen and oxygen atoms in total. The van der Waals surface area contributed by atoms with Crippen molar-refractivity contribution >= 4 is 23.2 Å². The summed E-state index contributed by atoms with van der Waals surface area (Å²) in [5, 5.41) is 5.93. The molecule has 0 unspecified atom stereocenters. The Kier molecular flexibility index (Phi) is 7.87. The van der Waals surface area contributed by atoms with E-state index in [0.717, 1.165) is 35.3 Å². The van der Waals surface area contributed by atoms with Crippen LogP contribution in [-0.4, -0.2) is 11.8 Å². The van der Waals surface area contributed by atoms with E-state index in [2.05, 4.69) is 24.5 Å². The maximum Gasteiger partial charge on any atom is 0.224 e. The summed E-state index contributed by atoms with van der Waals surface area (Å²) in [6.07, 6.45) is 4.02. The Morgan fingerprint density at radius 2 is 1.08 bits per heavy atom. The van der Waals surface area contributed by atoms with Gasteiger partial charge in [-0.05, 0) is 48.9 Å². The summed E-state index contributed by atoms with van der Waals surface area (Å²) >= 11 is 0. The van der Waals surface area contributed by atoms with Crippen LogP contribution in [-0.2, 0) is 22.4 Å². The van der Waals surface area contributed by atoms with Gasteiger partial charge in [-0.1, -0.05) is 50.2 Å². The molecule has 0 saturated carbocycles. The van der Waals surface area contributed by atoms with Gasteiger partial charge < -0.3 is 10.6 Å². The monoisotopic (exact) mass is 352 g/mol. The lowest BCUT2D eigenvalue weighted by molar-refractivity contribution is -0.118. The minimum absolute atomic E-state index is 0.00244. The van der Waals surface area contributed by atoms with Crippen LogP contribution in [0.25, 0.3) is 0 Å². The molecule has 4 heteroatoms. The molecule has 0 heterocycles. The molecule has 0 atom stereocenters. The number of hydrogen-bond donors (Lipinski definition) is 2. The number of para-hydroxylation sites is 2. The van der Waals surface area contributed by atoms with Gasteiger partial charge in [0.05, 0.1) is 0 Å². The second kappa shape index (κ2) is 10.4. The van der Waals surface area contributed by atoms with Gasteiger partial charge in [0.15, 0.2) is 0 Å². The number of aryl methyl sites for hydroxylation is 2. The first-order chi connectivity index (χ1) is 12.6. The Bertz CT molecular complexity index is 677. The maximum atomic E-state index is 12.1. The molecule has 138 valence electrons. The molecule has 0 aliphatic heterocycles. The predicted molar refractivity (Wildman–Crippen MR) is 107 cm³/mol. The van der Waals surface area contributed by atoms with Crippen molar-refractivity contribution < 1.29 is 9.59 Å². The van der Waals surface area contributed by atoms with Crippen LogP contribution in [0.5, 0.6) is 0 Å².